The van der Waals surface area contributed by atoms with Crippen LogP contribution in [0.1, 0.15) is 47.0 Å². The molecule has 4 nitrogen and oxygen atoms in total. The number of hydrogen-bond acceptors (Lipinski definition) is 3. The van der Waals surface area contributed by atoms with Crippen molar-refractivity contribution in [1.82, 2.24) is 9.80 Å². The van der Waals surface area contributed by atoms with Gasteiger partial charge in [-0.1, -0.05) is 13.3 Å². The molecule has 1 saturated heterocycles. The topological polar surface area (TPSA) is 49.6 Å². The lowest BCUT2D eigenvalue weighted by atomic mass is 9.76. The number of rotatable bonds is 1. The fraction of sp³-hybridized carbons (Fsp3) is 0.938. The summed E-state index contributed by atoms with van der Waals surface area (Å²) >= 11 is 0. The highest BCUT2D eigenvalue weighted by atomic mass is 16.2. The first kappa shape index (κ1) is 15.8. The maximum absolute atomic E-state index is 12.7. The van der Waals surface area contributed by atoms with E-state index in [-0.39, 0.29) is 17.5 Å². The first-order chi connectivity index (χ1) is 9.30. The van der Waals surface area contributed by atoms with Crippen LogP contribution in [0, 0.1) is 11.8 Å². The highest BCUT2D eigenvalue weighted by molar-refractivity contribution is 5.79. The number of piperazine rings is 1. The van der Waals surface area contributed by atoms with E-state index in [0.717, 1.165) is 45.4 Å². The third-order valence-electron chi connectivity index (χ3n) is 5.22. The Bertz CT molecular complexity index is 342. The molecule has 0 radical (unpaired) electrons. The van der Waals surface area contributed by atoms with Gasteiger partial charge in [-0.05, 0) is 39.5 Å². The fourth-order valence-electron chi connectivity index (χ4n) is 3.58. The molecule has 0 aromatic rings. The summed E-state index contributed by atoms with van der Waals surface area (Å²) < 4.78 is 0. The van der Waals surface area contributed by atoms with E-state index in [1.165, 1.54) is 0 Å². The van der Waals surface area contributed by atoms with Crippen molar-refractivity contribution >= 4 is 5.91 Å². The highest BCUT2D eigenvalue weighted by Crippen LogP contribution is 2.31. The maximum Gasteiger partial charge on any atom is 0.226 e. The van der Waals surface area contributed by atoms with Gasteiger partial charge in [-0.25, -0.2) is 0 Å². The third kappa shape index (κ3) is 3.34. The molecule has 0 spiro atoms. The summed E-state index contributed by atoms with van der Waals surface area (Å²) in [6, 6.07) is 0.202. The van der Waals surface area contributed by atoms with Crippen molar-refractivity contribution in [2.45, 2.75) is 58.5 Å². The molecule has 0 aromatic heterocycles. The van der Waals surface area contributed by atoms with Gasteiger partial charge in [-0.3, -0.25) is 9.69 Å². The predicted octanol–water partition coefficient (Wildman–Crippen LogP) is 1.69. The van der Waals surface area contributed by atoms with Gasteiger partial charge in [0.1, 0.15) is 0 Å². The van der Waals surface area contributed by atoms with Gasteiger partial charge in [0.25, 0.3) is 0 Å². The van der Waals surface area contributed by atoms with Gasteiger partial charge < -0.3 is 10.6 Å². The summed E-state index contributed by atoms with van der Waals surface area (Å²) in [7, 11) is 0. The molecule has 1 aliphatic heterocycles. The van der Waals surface area contributed by atoms with E-state index < -0.39 is 0 Å². The van der Waals surface area contributed by atoms with E-state index >= 15 is 0 Å². The fourth-order valence-corrected chi connectivity index (χ4v) is 3.58. The van der Waals surface area contributed by atoms with E-state index in [9.17, 15) is 4.79 Å². The molecule has 4 heteroatoms. The molecule has 1 heterocycles. The zero-order valence-electron chi connectivity index (χ0n) is 13.6. The van der Waals surface area contributed by atoms with E-state index in [0.29, 0.717) is 11.8 Å². The Morgan fingerprint density at radius 2 is 1.70 bits per heavy atom. The molecule has 0 bridgehead atoms. The SMILES string of the molecule is CC1C(N)CCCC1C(=O)N1CCN(C(C)(C)C)CC1. The minimum Gasteiger partial charge on any atom is -0.340 e. The Morgan fingerprint density at radius 1 is 1.10 bits per heavy atom. The monoisotopic (exact) mass is 281 g/mol. The largest absolute Gasteiger partial charge is 0.340 e. The Morgan fingerprint density at radius 3 is 2.25 bits per heavy atom. The molecule has 2 N–H and O–H groups in total. The van der Waals surface area contributed by atoms with Gasteiger partial charge in [0.2, 0.25) is 5.91 Å². The summed E-state index contributed by atoms with van der Waals surface area (Å²) in [4.78, 5) is 17.3. The van der Waals surface area contributed by atoms with Crippen LogP contribution in [0.15, 0.2) is 0 Å². The predicted molar refractivity (Wildman–Crippen MR) is 82.4 cm³/mol. The second-order valence-corrected chi connectivity index (χ2v) is 7.54. The Labute approximate surface area is 123 Å². The standard InChI is InChI=1S/C16H31N3O/c1-12-13(6-5-7-14(12)17)15(20)18-8-10-19(11-9-18)16(2,3)4/h12-14H,5-11,17H2,1-4H3. The Hall–Kier alpha value is -0.610. The molecular formula is C16H31N3O. The third-order valence-corrected chi connectivity index (χ3v) is 5.22. The number of nitrogens with two attached hydrogens (primary N) is 1. The summed E-state index contributed by atoms with van der Waals surface area (Å²) in [5, 5.41) is 0. The van der Waals surface area contributed by atoms with Crippen molar-refractivity contribution in [3.05, 3.63) is 0 Å². The molecule has 2 rings (SSSR count). The average molecular weight is 281 g/mol. The van der Waals surface area contributed by atoms with Gasteiger partial charge in [0.15, 0.2) is 0 Å². The van der Waals surface area contributed by atoms with Gasteiger partial charge >= 0.3 is 0 Å². The van der Waals surface area contributed by atoms with Gasteiger partial charge in [0.05, 0.1) is 0 Å². The molecule has 1 saturated carbocycles. The molecule has 1 amide bonds. The van der Waals surface area contributed by atoms with Gasteiger partial charge in [0, 0.05) is 43.7 Å². The summed E-state index contributed by atoms with van der Waals surface area (Å²) in [6.45, 7) is 12.6. The quantitative estimate of drug-likeness (QED) is 0.796. The molecular weight excluding hydrogens is 250 g/mol. The van der Waals surface area contributed by atoms with Crippen LogP contribution in [0.2, 0.25) is 0 Å². The minimum atomic E-state index is 0.153. The first-order valence-electron chi connectivity index (χ1n) is 8.10. The average Bonchev–Trinajstić information content (AvgIpc) is 2.40. The van der Waals surface area contributed by atoms with Crippen molar-refractivity contribution in [3.8, 4) is 0 Å². The van der Waals surface area contributed by atoms with Gasteiger partial charge in [-0.15, -0.1) is 0 Å². The molecule has 2 fully saturated rings. The summed E-state index contributed by atoms with van der Waals surface area (Å²) in [6.07, 6.45) is 3.19. The smallest absolute Gasteiger partial charge is 0.226 e. The lowest BCUT2D eigenvalue weighted by molar-refractivity contribution is -0.141. The number of carbonyl (C=O) groups is 1. The number of hydrogen-bond donors (Lipinski definition) is 1. The van der Waals surface area contributed by atoms with Crippen LogP contribution in [0.25, 0.3) is 0 Å². The van der Waals surface area contributed by atoms with Crippen LogP contribution >= 0.6 is 0 Å². The van der Waals surface area contributed by atoms with Crippen LogP contribution in [0.5, 0.6) is 0 Å². The lowest BCUT2D eigenvalue weighted by Crippen LogP contribution is -2.56. The van der Waals surface area contributed by atoms with Crippen LogP contribution < -0.4 is 5.73 Å². The zero-order valence-corrected chi connectivity index (χ0v) is 13.6. The molecule has 1 aliphatic carbocycles. The molecule has 2 aliphatic rings. The van der Waals surface area contributed by atoms with Crippen LogP contribution in [0.3, 0.4) is 0 Å². The number of nitrogens with zero attached hydrogens (tertiary/aromatic N) is 2. The molecule has 3 atom stereocenters. The van der Waals surface area contributed by atoms with Crippen molar-refractivity contribution < 1.29 is 4.79 Å². The number of amides is 1. The summed E-state index contributed by atoms with van der Waals surface area (Å²) in [5.41, 5.74) is 6.34. The Balaban J connectivity index is 1.91. The zero-order chi connectivity index (χ0) is 14.9. The second kappa shape index (κ2) is 6.02. The van der Waals surface area contributed by atoms with Crippen molar-refractivity contribution in [2.24, 2.45) is 17.6 Å². The van der Waals surface area contributed by atoms with Crippen molar-refractivity contribution in [3.63, 3.8) is 0 Å². The van der Waals surface area contributed by atoms with E-state index in [2.05, 4.69) is 37.5 Å². The molecule has 0 aromatic carbocycles. The highest BCUT2D eigenvalue weighted by Gasteiger charge is 2.36. The van der Waals surface area contributed by atoms with Crippen molar-refractivity contribution in [2.75, 3.05) is 26.2 Å². The molecule has 116 valence electrons. The van der Waals surface area contributed by atoms with E-state index in [4.69, 9.17) is 5.73 Å². The summed E-state index contributed by atoms with van der Waals surface area (Å²) in [5.74, 6) is 0.832. The lowest BCUT2D eigenvalue weighted by Gasteiger charge is -2.44. The molecule has 20 heavy (non-hydrogen) atoms. The number of carbonyl (C=O) groups excluding carboxylic acids is 1. The Kier molecular flexibility index (Phi) is 4.75. The van der Waals surface area contributed by atoms with Crippen LogP contribution in [-0.4, -0.2) is 53.5 Å². The second-order valence-electron chi connectivity index (χ2n) is 7.54. The minimum absolute atomic E-state index is 0.153. The van der Waals surface area contributed by atoms with E-state index in [1.807, 2.05) is 0 Å². The first-order valence-corrected chi connectivity index (χ1v) is 8.10. The van der Waals surface area contributed by atoms with Crippen LogP contribution in [-0.2, 0) is 4.79 Å². The van der Waals surface area contributed by atoms with Crippen LogP contribution in [0.4, 0.5) is 0 Å². The van der Waals surface area contributed by atoms with E-state index in [1.54, 1.807) is 0 Å². The van der Waals surface area contributed by atoms with Crippen molar-refractivity contribution in [1.29, 1.82) is 0 Å². The molecule has 3 unspecified atom stereocenters. The van der Waals surface area contributed by atoms with Gasteiger partial charge in [-0.2, -0.15) is 0 Å². The normalized spacial score (nSPS) is 33.2. The maximum atomic E-state index is 12.7.